The molecule has 0 aliphatic rings. The average Bonchev–Trinajstić information content (AvgIpc) is 2.74. The fourth-order valence-electron chi connectivity index (χ4n) is 3.66. The summed E-state index contributed by atoms with van der Waals surface area (Å²) in [5, 5.41) is 15.8. The van der Waals surface area contributed by atoms with Crippen molar-refractivity contribution in [3.63, 3.8) is 0 Å². The Labute approximate surface area is 170 Å². The van der Waals surface area contributed by atoms with E-state index in [-0.39, 0.29) is 18.1 Å². The van der Waals surface area contributed by atoms with E-state index in [2.05, 4.69) is 5.32 Å². The zero-order chi connectivity index (χ0) is 20.2. The third-order valence-corrected chi connectivity index (χ3v) is 5.16. The van der Waals surface area contributed by atoms with E-state index in [9.17, 15) is 9.90 Å². The summed E-state index contributed by atoms with van der Waals surface area (Å²) in [4.78, 5) is 12.9. The first kappa shape index (κ1) is 18.8. The highest BCUT2D eigenvalue weighted by atomic mass is 16.3. The van der Waals surface area contributed by atoms with E-state index >= 15 is 0 Å². The quantitative estimate of drug-likeness (QED) is 0.493. The van der Waals surface area contributed by atoms with Gasteiger partial charge in [-0.15, -0.1) is 0 Å². The summed E-state index contributed by atoms with van der Waals surface area (Å²) >= 11 is 0. The van der Waals surface area contributed by atoms with E-state index < -0.39 is 6.04 Å². The molecule has 1 atom stereocenters. The maximum absolute atomic E-state index is 12.9. The predicted molar refractivity (Wildman–Crippen MR) is 117 cm³/mol. The highest BCUT2D eigenvalue weighted by molar-refractivity contribution is 5.89. The number of aryl methyl sites for hydroxylation is 1. The third kappa shape index (κ3) is 4.14. The highest BCUT2D eigenvalue weighted by Crippen LogP contribution is 2.36. The molecule has 29 heavy (non-hydrogen) atoms. The van der Waals surface area contributed by atoms with Gasteiger partial charge in [0.05, 0.1) is 12.5 Å². The van der Waals surface area contributed by atoms with Gasteiger partial charge in [0.2, 0.25) is 5.91 Å². The molecule has 0 aromatic heterocycles. The Morgan fingerprint density at radius 2 is 1.55 bits per heavy atom. The fourth-order valence-corrected chi connectivity index (χ4v) is 3.66. The van der Waals surface area contributed by atoms with E-state index in [1.165, 1.54) is 0 Å². The van der Waals surface area contributed by atoms with Gasteiger partial charge in [-0.25, -0.2) is 0 Å². The van der Waals surface area contributed by atoms with Crippen molar-refractivity contribution in [2.24, 2.45) is 0 Å². The van der Waals surface area contributed by atoms with Crippen LogP contribution >= 0.6 is 0 Å². The summed E-state index contributed by atoms with van der Waals surface area (Å²) in [5.41, 5.74) is 3.75. The maximum Gasteiger partial charge on any atom is 0.225 e. The SMILES string of the molecule is Cc1ccc(C(NC(=O)Cc2ccccc2)c2c(O)ccc3ccccc23)cc1. The Bertz CT molecular complexity index is 1130. The molecule has 0 bridgehead atoms. The number of amides is 1. The van der Waals surface area contributed by atoms with Crippen LogP contribution in [0.4, 0.5) is 0 Å². The summed E-state index contributed by atoms with van der Waals surface area (Å²) < 4.78 is 0. The molecule has 144 valence electrons. The van der Waals surface area contributed by atoms with Crippen LogP contribution in [0.2, 0.25) is 0 Å². The molecule has 3 nitrogen and oxygen atoms in total. The van der Waals surface area contributed by atoms with Crippen molar-refractivity contribution in [3.05, 3.63) is 113 Å². The van der Waals surface area contributed by atoms with Crippen LogP contribution in [-0.4, -0.2) is 11.0 Å². The molecule has 1 amide bonds. The topological polar surface area (TPSA) is 49.3 Å². The van der Waals surface area contributed by atoms with Gasteiger partial charge in [-0.1, -0.05) is 90.5 Å². The molecule has 0 aliphatic carbocycles. The lowest BCUT2D eigenvalue weighted by Crippen LogP contribution is -2.30. The Morgan fingerprint density at radius 3 is 2.31 bits per heavy atom. The molecule has 1 unspecified atom stereocenters. The highest BCUT2D eigenvalue weighted by Gasteiger charge is 2.22. The Hall–Kier alpha value is -3.59. The summed E-state index contributed by atoms with van der Waals surface area (Å²) in [7, 11) is 0. The van der Waals surface area contributed by atoms with Gasteiger partial charge in [-0.2, -0.15) is 0 Å². The lowest BCUT2D eigenvalue weighted by atomic mass is 9.92. The van der Waals surface area contributed by atoms with Gasteiger partial charge in [0.15, 0.2) is 0 Å². The van der Waals surface area contributed by atoms with Gasteiger partial charge in [0, 0.05) is 5.56 Å². The number of fused-ring (bicyclic) bond motifs is 1. The van der Waals surface area contributed by atoms with Crippen LogP contribution < -0.4 is 5.32 Å². The minimum absolute atomic E-state index is 0.0888. The van der Waals surface area contributed by atoms with Crippen molar-refractivity contribution in [2.75, 3.05) is 0 Å². The number of carbonyl (C=O) groups excluding carboxylic acids is 1. The maximum atomic E-state index is 12.9. The number of phenols is 1. The van der Waals surface area contributed by atoms with Crippen molar-refractivity contribution in [1.82, 2.24) is 5.32 Å². The molecule has 4 rings (SSSR count). The van der Waals surface area contributed by atoms with Crippen molar-refractivity contribution < 1.29 is 9.90 Å². The first-order valence-corrected chi connectivity index (χ1v) is 9.72. The Balaban J connectivity index is 1.76. The number of phenolic OH excluding ortho intramolecular Hbond substituents is 1. The number of aromatic hydroxyl groups is 1. The Morgan fingerprint density at radius 1 is 0.862 bits per heavy atom. The van der Waals surface area contributed by atoms with Crippen LogP contribution in [0.25, 0.3) is 10.8 Å². The largest absolute Gasteiger partial charge is 0.508 e. The molecular formula is C26H23NO2. The number of hydrogen-bond donors (Lipinski definition) is 2. The first-order chi connectivity index (χ1) is 14.1. The predicted octanol–water partition coefficient (Wildman–Crippen LogP) is 5.30. The number of nitrogens with one attached hydrogen (secondary N) is 1. The van der Waals surface area contributed by atoms with E-state index in [1.807, 2.05) is 91.9 Å². The molecule has 0 radical (unpaired) electrons. The van der Waals surface area contributed by atoms with Crippen molar-refractivity contribution in [2.45, 2.75) is 19.4 Å². The molecule has 0 aliphatic heterocycles. The molecule has 0 fully saturated rings. The molecule has 0 heterocycles. The van der Waals surface area contributed by atoms with E-state index in [0.29, 0.717) is 5.56 Å². The average molecular weight is 381 g/mol. The lowest BCUT2D eigenvalue weighted by Gasteiger charge is -2.23. The van der Waals surface area contributed by atoms with Crippen LogP contribution in [0, 0.1) is 6.92 Å². The van der Waals surface area contributed by atoms with Crippen LogP contribution in [-0.2, 0) is 11.2 Å². The van der Waals surface area contributed by atoms with E-state index in [1.54, 1.807) is 6.07 Å². The second kappa shape index (κ2) is 8.19. The van der Waals surface area contributed by atoms with Gasteiger partial charge in [-0.3, -0.25) is 4.79 Å². The molecule has 4 aromatic carbocycles. The fraction of sp³-hybridized carbons (Fsp3) is 0.115. The monoisotopic (exact) mass is 381 g/mol. The zero-order valence-electron chi connectivity index (χ0n) is 16.3. The van der Waals surface area contributed by atoms with Crippen LogP contribution in [0.5, 0.6) is 5.75 Å². The summed E-state index contributed by atoms with van der Waals surface area (Å²) in [5.74, 6) is 0.0865. The van der Waals surface area contributed by atoms with Gasteiger partial charge >= 0.3 is 0 Å². The Kier molecular flexibility index (Phi) is 5.30. The van der Waals surface area contributed by atoms with Crippen LogP contribution in [0.3, 0.4) is 0 Å². The lowest BCUT2D eigenvalue weighted by molar-refractivity contribution is -0.120. The second-order valence-corrected chi connectivity index (χ2v) is 7.29. The van der Waals surface area contributed by atoms with Crippen LogP contribution in [0.15, 0.2) is 91.0 Å². The zero-order valence-corrected chi connectivity index (χ0v) is 16.3. The van der Waals surface area contributed by atoms with Gasteiger partial charge in [0.25, 0.3) is 0 Å². The minimum atomic E-state index is -0.446. The molecule has 0 saturated heterocycles. The summed E-state index contributed by atoms with van der Waals surface area (Å²) in [6, 6.07) is 28.8. The smallest absolute Gasteiger partial charge is 0.225 e. The van der Waals surface area contributed by atoms with E-state index in [0.717, 1.165) is 27.5 Å². The molecule has 2 N–H and O–H groups in total. The summed E-state index contributed by atoms with van der Waals surface area (Å²) in [6.07, 6.45) is 0.286. The minimum Gasteiger partial charge on any atom is -0.508 e. The van der Waals surface area contributed by atoms with Crippen molar-refractivity contribution >= 4 is 16.7 Å². The normalized spacial score (nSPS) is 11.9. The number of benzene rings is 4. The molecular weight excluding hydrogens is 358 g/mol. The summed E-state index contributed by atoms with van der Waals surface area (Å²) in [6.45, 7) is 2.03. The van der Waals surface area contributed by atoms with E-state index in [4.69, 9.17) is 0 Å². The molecule has 0 saturated carbocycles. The first-order valence-electron chi connectivity index (χ1n) is 9.72. The second-order valence-electron chi connectivity index (χ2n) is 7.29. The molecule has 0 spiro atoms. The third-order valence-electron chi connectivity index (χ3n) is 5.16. The standard InChI is InChI=1S/C26H23NO2/c1-18-11-13-21(14-12-18)26(27-24(29)17-19-7-3-2-4-8-19)25-22-10-6-5-9-20(22)15-16-23(25)28/h2-16,26,28H,17H2,1H3,(H,27,29). The molecule has 4 aromatic rings. The molecule has 3 heteroatoms. The van der Waals surface area contributed by atoms with Crippen LogP contribution in [0.1, 0.15) is 28.3 Å². The number of hydrogen-bond acceptors (Lipinski definition) is 2. The van der Waals surface area contributed by atoms with Crippen molar-refractivity contribution in [3.8, 4) is 5.75 Å². The number of rotatable bonds is 5. The van der Waals surface area contributed by atoms with Gasteiger partial charge in [0.1, 0.15) is 5.75 Å². The number of carbonyl (C=O) groups is 1. The van der Waals surface area contributed by atoms with Gasteiger partial charge < -0.3 is 10.4 Å². The van der Waals surface area contributed by atoms with Crippen molar-refractivity contribution in [1.29, 1.82) is 0 Å². The van der Waals surface area contributed by atoms with Gasteiger partial charge in [-0.05, 0) is 34.9 Å².